The van der Waals surface area contributed by atoms with Gasteiger partial charge in [-0.3, -0.25) is 9.78 Å². The summed E-state index contributed by atoms with van der Waals surface area (Å²) >= 11 is 0. The maximum absolute atomic E-state index is 13.0. The molecule has 0 radical (unpaired) electrons. The van der Waals surface area contributed by atoms with Crippen molar-refractivity contribution < 1.29 is 22.7 Å². The van der Waals surface area contributed by atoms with Crippen molar-refractivity contribution in [1.82, 2.24) is 14.9 Å². The second-order valence-corrected chi connectivity index (χ2v) is 7.39. The molecule has 1 aliphatic heterocycles. The number of aryl methyl sites for hydroxylation is 1. The van der Waals surface area contributed by atoms with Gasteiger partial charge in [-0.05, 0) is 50.3 Å². The van der Waals surface area contributed by atoms with Gasteiger partial charge in [0.1, 0.15) is 18.1 Å². The number of fused-ring (bicyclic) bond motifs is 2. The first-order valence-electron chi connectivity index (χ1n) is 9.24. The molecule has 0 N–H and O–H groups in total. The van der Waals surface area contributed by atoms with Crippen LogP contribution in [0.2, 0.25) is 0 Å². The van der Waals surface area contributed by atoms with Crippen LogP contribution in [0.3, 0.4) is 0 Å². The molecule has 1 aromatic carbocycles. The molecule has 4 rings (SSSR count). The Kier molecular flexibility index (Phi) is 4.72. The molecule has 8 heteroatoms. The number of aromatic nitrogens is 2. The molecule has 2 bridgehead atoms. The molecule has 28 heavy (non-hydrogen) atoms. The van der Waals surface area contributed by atoms with Crippen LogP contribution in [-0.2, 0) is 6.18 Å². The minimum absolute atomic E-state index is 0.121. The van der Waals surface area contributed by atoms with Gasteiger partial charge in [-0.15, -0.1) is 0 Å². The van der Waals surface area contributed by atoms with Gasteiger partial charge >= 0.3 is 6.18 Å². The van der Waals surface area contributed by atoms with E-state index in [0.717, 1.165) is 37.1 Å². The number of benzene rings is 1. The van der Waals surface area contributed by atoms with Gasteiger partial charge in [0.2, 0.25) is 0 Å². The van der Waals surface area contributed by atoms with Crippen LogP contribution in [0, 0.1) is 12.8 Å². The zero-order valence-corrected chi connectivity index (χ0v) is 15.3. The van der Waals surface area contributed by atoms with E-state index in [2.05, 4.69) is 9.97 Å². The molecule has 0 spiro atoms. The smallest absolute Gasteiger partial charge is 0.416 e. The molecule has 1 amide bonds. The Balaban J connectivity index is 1.50. The van der Waals surface area contributed by atoms with Crippen molar-refractivity contribution in [2.24, 2.45) is 5.92 Å². The van der Waals surface area contributed by atoms with Crippen LogP contribution >= 0.6 is 0 Å². The van der Waals surface area contributed by atoms with E-state index >= 15 is 0 Å². The Morgan fingerprint density at radius 1 is 1.25 bits per heavy atom. The van der Waals surface area contributed by atoms with Crippen LogP contribution in [-0.4, -0.2) is 39.5 Å². The van der Waals surface area contributed by atoms with Gasteiger partial charge in [0.05, 0.1) is 23.5 Å². The molecule has 1 aliphatic carbocycles. The van der Waals surface area contributed by atoms with E-state index in [4.69, 9.17) is 4.74 Å². The second-order valence-electron chi connectivity index (χ2n) is 7.39. The van der Waals surface area contributed by atoms with Crippen molar-refractivity contribution >= 4 is 5.91 Å². The maximum atomic E-state index is 13.0. The number of likely N-dealkylation sites (tertiary alicyclic amines) is 1. The van der Waals surface area contributed by atoms with Crippen molar-refractivity contribution in [2.75, 3.05) is 6.61 Å². The SMILES string of the molecule is Cc1cnc(C(=O)N2[C@H]3CC[C@@H](C3)[C@H]2COc2cccc(C(F)(F)F)c2)cn1. The molecule has 1 saturated heterocycles. The largest absolute Gasteiger partial charge is 0.491 e. The number of carbonyl (C=O) groups excluding carboxylic acids is 1. The standard InChI is InChI=1S/C20H20F3N3O2/c1-12-9-25-17(10-24-12)19(27)26-15-6-5-13(7-15)18(26)11-28-16-4-2-3-14(8-16)20(21,22)23/h2-4,8-10,13,15,18H,5-7,11H2,1H3/t13-,15-,18+/m0/s1. The summed E-state index contributed by atoms with van der Waals surface area (Å²) in [5, 5.41) is 0. The topological polar surface area (TPSA) is 55.3 Å². The third kappa shape index (κ3) is 3.55. The molecular formula is C20H20F3N3O2. The number of piperidine rings is 1. The van der Waals surface area contributed by atoms with Crippen LogP contribution in [0.1, 0.15) is 41.0 Å². The average Bonchev–Trinajstić information content (AvgIpc) is 3.27. The number of hydrogen-bond acceptors (Lipinski definition) is 4. The highest BCUT2D eigenvalue weighted by Gasteiger charge is 2.48. The van der Waals surface area contributed by atoms with Crippen LogP contribution in [0.5, 0.6) is 5.75 Å². The lowest BCUT2D eigenvalue weighted by Crippen LogP contribution is -2.48. The number of carbonyl (C=O) groups is 1. The molecule has 1 saturated carbocycles. The zero-order chi connectivity index (χ0) is 19.9. The van der Waals surface area contributed by atoms with Crippen molar-refractivity contribution in [3.63, 3.8) is 0 Å². The van der Waals surface area contributed by atoms with Crippen molar-refractivity contribution in [2.45, 2.75) is 44.4 Å². The third-order valence-electron chi connectivity index (χ3n) is 5.56. The Hall–Kier alpha value is -2.64. The van der Waals surface area contributed by atoms with E-state index in [1.54, 1.807) is 18.0 Å². The molecule has 2 heterocycles. The lowest BCUT2D eigenvalue weighted by atomic mass is 9.99. The van der Waals surface area contributed by atoms with E-state index in [1.165, 1.54) is 18.3 Å². The fraction of sp³-hybridized carbons (Fsp3) is 0.450. The summed E-state index contributed by atoms with van der Waals surface area (Å²) in [5.41, 5.74) is 0.256. The number of alkyl halides is 3. The average molecular weight is 391 g/mol. The number of rotatable bonds is 4. The summed E-state index contributed by atoms with van der Waals surface area (Å²) in [5.74, 6) is 0.246. The fourth-order valence-electron chi connectivity index (χ4n) is 4.20. The van der Waals surface area contributed by atoms with Crippen molar-refractivity contribution in [1.29, 1.82) is 0 Å². The molecule has 0 unspecified atom stereocenters. The summed E-state index contributed by atoms with van der Waals surface area (Å²) in [6.07, 6.45) is 1.41. The quantitative estimate of drug-likeness (QED) is 0.794. The highest BCUT2D eigenvalue weighted by atomic mass is 19.4. The van der Waals surface area contributed by atoms with Crippen LogP contribution < -0.4 is 4.74 Å². The van der Waals surface area contributed by atoms with Crippen molar-refractivity contribution in [3.05, 3.63) is 53.6 Å². The summed E-state index contributed by atoms with van der Waals surface area (Å²) in [6, 6.07) is 4.77. The highest BCUT2D eigenvalue weighted by Crippen LogP contribution is 2.43. The summed E-state index contributed by atoms with van der Waals surface area (Å²) in [6.45, 7) is 1.96. The minimum atomic E-state index is -4.42. The van der Waals surface area contributed by atoms with E-state index in [0.29, 0.717) is 0 Å². The molecule has 148 valence electrons. The van der Waals surface area contributed by atoms with E-state index in [-0.39, 0.29) is 42.0 Å². The Labute approximate surface area is 160 Å². The van der Waals surface area contributed by atoms with E-state index < -0.39 is 11.7 Å². The zero-order valence-electron chi connectivity index (χ0n) is 15.3. The van der Waals surface area contributed by atoms with Gasteiger partial charge in [-0.25, -0.2) is 4.98 Å². The minimum Gasteiger partial charge on any atom is -0.491 e. The maximum Gasteiger partial charge on any atom is 0.416 e. The molecule has 2 aromatic rings. The molecule has 3 atom stereocenters. The lowest BCUT2D eigenvalue weighted by Gasteiger charge is -2.35. The van der Waals surface area contributed by atoms with Crippen LogP contribution in [0.4, 0.5) is 13.2 Å². The number of hydrogen-bond donors (Lipinski definition) is 0. The Bertz CT molecular complexity index is 870. The first-order chi connectivity index (χ1) is 13.3. The molecule has 2 aliphatic rings. The third-order valence-corrected chi connectivity index (χ3v) is 5.56. The second kappa shape index (κ2) is 7.07. The van der Waals surface area contributed by atoms with Gasteiger partial charge in [-0.2, -0.15) is 13.2 Å². The lowest BCUT2D eigenvalue weighted by molar-refractivity contribution is -0.137. The first kappa shape index (κ1) is 18.7. The number of nitrogens with zero attached hydrogens (tertiary/aromatic N) is 3. The van der Waals surface area contributed by atoms with Crippen molar-refractivity contribution in [3.8, 4) is 5.75 Å². The Morgan fingerprint density at radius 3 is 2.79 bits per heavy atom. The summed E-state index contributed by atoms with van der Waals surface area (Å²) in [4.78, 5) is 23.1. The van der Waals surface area contributed by atoms with Gasteiger partial charge < -0.3 is 9.64 Å². The van der Waals surface area contributed by atoms with Gasteiger partial charge in [-0.1, -0.05) is 6.07 Å². The van der Waals surface area contributed by atoms with Gasteiger partial charge in [0.25, 0.3) is 5.91 Å². The molecule has 5 nitrogen and oxygen atoms in total. The summed E-state index contributed by atoms with van der Waals surface area (Å²) in [7, 11) is 0. The van der Waals surface area contributed by atoms with Gasteiger partial charge in [0.15, 0.2) is 0 Å². The number of amides is 1. The summed E-state index contributed by atoms with van der Waals surface area (Å²) < 4.78 is 44.4. The fourth-order valence-corrected chi connectivity index (χ4v) is 4.20. The first-order valence-corrected chi connectivity index (χ1v) is 9.24. The molecular weight excluding hydrogens is 371 g/mol. The molecule has 1 aromatic heterocycles. The normalized spacial score (nSPS) is 23.9. The predicted molar refractivity (Wildman–Crippen MR) is 94.8 cm³/mol. The monoisotopic (exact) mass is 391 g/mol. The number of ether oxygens (including phenoxy) is 1. The predicted octanol–water partition coefficient (Wildman–Crippen LogP) is 3.88. The van der Waals surface area contributed by atoms with Crippen LogP contribution in [0.15, 0.2) is 36.7 Å². The van der Waals surface area contributed by atoms with Gasteiger partial charge in [0, 0.05) is 12.2 Å². The van der Waals surface area contributed by atoms with E-state index in [9.17, 15) is 18.0 Å². The molecule has 2 fully saturated rings. The van der Waals surface area contributed by atoms with E-state index in [1.807, 2.05) is 0 Å². The number of halogens is 3. The highest BCUT2D eigenvalue weighted by molar-refractivity contribution is 5.92. The van der Waals surface area contributed by atoms with Crippen LogP contribution in [0.25, 0.3) is 0 Å². The Morgan fingerprint density at radius 2 is 2.07 bits per heavy atom.